The van der Waals surface area contributed by atoms with E-state index < -0.39 is 0 Å². The minimum Gasteiger partial charge on any atom is -0.320 e. The van der Waals surface area contributed by atoms with Gasteiger partial charge in [0.1, 0.15) is 0 Å². The molecular weight excluding hydrogens is 98.1 g/mol. The van der Waals surface area contributed by atoms with Crippen LogP contribution in [0.1, 0.15) is 20.8 Å². The van der Waals surface area contributed by atoms with E-state index in [-0.39, 0.29) is 0 Å². The lowest BCUT2D eigenvalue weighted by Crippen LogP contribution is -2.01. The average molecular weight is 115 g/mol. The van der Waals surface area contributed by atoms with Gasteiger partial charge in [0.05, 0.1) is 0 Å². The zero-order chi connectivity index (χ0) is 6.83. The summed E-state index contributed by atoms with van der Waals surface area (Å²) in [6.45, 7) is 7.14. The molecular formula is C7H17N. The molecule has 0 radical (unpaired) electrons. The van der Waals surface area contributed by atoms with Gasteiger partial charge in [-0.1, -0.05) is 19.1 Å². The Bertz CT molecular complexity index is 33.7. The molecule has 0 spiro atoms. The fraction of sp³-hybridized carbons (Fsp3) is 0.714. The van der Waals surface area contributed by atoms with Gasteiger partial charge in [0.25, 0.3) is 0 Å². The van der Waals surface area contributed by atoms with Crippen molar-refractivity contribution in [3.8, 4) is 0 Å². The second-order valence-electron chi connectivity index (χ2n) is 1.37. The smallest absolute Gasteiger partial charge is 0.00804 e. The molecule has 0 saturated carbocycles. The summed E-state index contributed by atoms with van der Waals surface area (Å²) in [5.41, 5.74) is 0. The minimum absolute atomic E-state index is 1.07. The Balaban J connectivity index is 0. The van der Waals surface area contributed by atoms with Gasteiger partial charge in [0.2, 0.25) is 0 Å². The highest BCUT2D eigenvalue weighted by Gasteiger charge is 1.50. The van der Waals surface area contributed by atoms with Crippen molar-refractivity contribution in [3.05, 3.63) is 12.2 Å². The van der Waals surface area contributed by atoms with Crippen LogP contribution in [0.3, 0.4) is 0 Å². The zero-order valence-electron chi connectivity index (χ0n) is 6.36. The van der Waals surface area contributed by atoms with Crippen molar-refractivity contribution in [2.45, 2.75) is 20.8 Å². The molecule has 0 heterocycles. The lowest BCUT2D eigenvalue weighted by molar-refractivity contribution is 0.864. The van der Waals surface area contributed by atoms with Crippen molar-refractivity contribution in [2.75, 3.05) is 13.6 Å². The normalized spacial score (nSPS) is 8.50. The van der Waals surface area contributed by atoms with Crippen molar-refractivity contribution >= 4 is 0 Å². The maximum atomic E-state index is 2.93. The number of hydrogen-bond acceptors (Lipinski definition) is 1. The first-order valence-corrected chi connectivity index (χ1v) is 3.05. The van der Waals surface area contributed by atoms with Crippen LogP contribution in [0, 0.1) is 0 Å². The largest absolute Gasteiger partial charge is 0.320 e. The van der Waals surface area contributed by atoms with Crippen LogP contribution in [-0.2, 0) is 0 Å². The molecule has 0 unspecified atom stereocenters. The van der Waals surface area contributed by atoms with Gasteiger partial charge in [-0.3, -0.25) is 0 Å². The van der Waals surface area contributed by atoms with E-state index in [1.165, 1.54) is 0 Å². The Labute approximate surface area is 52.8 Å². The Morgan fingerprint density at radius 1 is 1.25 bits per heavy atom. The van der Waals surface area contributed by atoms with Crippen molar-refractivity contribution < 1.29 is 0 Å². The van der Waals surface area contributed by atoms with Crippen LogP contribution >= 0.6 is 0 Å². The van der Waals surface area contributed by atoms with Gasteiger partial charge in [-0.25, -0.2) is 0 Å². The molecule has 1 heteroatoms. The van der Waals surface area contributed by atoms with Crippen LogP contribution in [0.2, 0.25) is 0 Å². The predicted molar refractivity (Wildman–Crippen MR) is 40.1 cm³/mol. The third kappa shape index (κ3) is 43.6. The Morgan fingerprint density at radius 2 is 1.50 bits per heavy atom. The molecule has 0 bridgehead atoms. The van der Waals surface area contributed by atoms with Crippen LogP contribution in [0.15, 0.2) is 12.2 Å². The highest BCUT2D eigenvalue weighted by atomic mass is 14.8. The molecule has 8 heavy (non-hydrogen) atoms. The van der Waals surface area contributed by atoms with E-state index in [9.17, 15) is 0 Å². The van der Waals surface area contributed by atoms with Crippen LogP contribution < -0.4 is 5.32 Å². The van der Waals surface area contributed by atoms with Gasteiger partial charge in [-0.2, -0.15) is 0 Å². The number of allylic oxidation sites excluding steroid dienone is 2. The van der Waals surface area contributed by atoms with Crippen LogP contribution in [-0.4, -0.2) is 13.6 Å². The maximum Gasteiger partial charge on any atom is -0.00804 e. The molecule has 0 aliphatic rings. The molecule has 0 fully saturated rings. The number of nitrogens with one attached hydrogen (secondary N) is 1. The Hall–Kier alpha value is -0.300. The quantitative estimate of drug-likeness (QED) is 0.514. The SMILES string of the molecule is C/C=C/C.CCNC. The summed E-state index contributed by atoms with van der Waals surface area (Å²) in [6.07, 6.45) is 4.00. The monoisotopic (exact) mass is 115 g/mol. The number of hydrogen-bond donors (Lipinski definition) is 1. The second kappa shape index (κ2) is 15.9. The summed E-state index contributed by atoms with van der Waals surface area (Å²) in [4.78, 5) is 0. The van der Waals surface area contributed by atoms with Gasteiger partial charge in [-0.05, 0) is 27.4 Å². The van der Waals surface area contributed by atoms with E-state index in [2.05, 4.69) is 12.2 Å². The van der Waals surface area contributed by atoms with Crippen molar-refractivity contribution in [1.82, 2.24) is 5.32 Å². The van der Waals surface area contributed by atoms with Crippen molar-refractivity contribution in [3.63, 3.8) is 0 Å². The molecule has 0 aliphatic heterocycles. The lowest BCUT2D eigenvalue weighted by atomic mass is 10.6. The third-order valence-corrected chi connectivity index (χ3v) is 0.687. The summed E-state index contributed by atoms with van der Waals surface area (Å²) in [7, 11) is 1.93. The molecule has 1 N–H and O–H groups in total. The predicted octanol–water partition coefficient (Wildman–Crippen LogP) is 1.81. The summed E-state index contributed by atoms with van der Waals surface area (Å²) in [5, 5.41) is 2.93. The molecule has 0 aliphatic carbocycles. The molecule has 0 atom stereocenters. The van der Waals surface area contributed by atoms with Gasteiger partial charge in [0, 0.05) is 0 Å². The first kappa shape index (κ1) is 10.6. The van der Waals surface area contributed by atoms with E-state index >= 15 is 0 Å². The van der Waals surface area contributed by atoms with E-state index in [1.54, 1.807) is 0 Å². The molecule has 50 valence electrons. The lowest BCUT2D eigenvalue weighted by Gasteiger charge is -1.76. The molecule has 0 rings (SSSR count). The molecule has 0 aromatic carbocycles. The van der Waals surface area contributed by atoms with E-state index in [0.717, 1.165) is 6.54 Å². The molecule has 0 aromatic rings. The molecule has 0 saturated heterocycles. The highest BCUT2D eigenvalue weighted by Crippen LogP contribution is 1.57. The summed E-state index contributed by atoms with van der Waals surface area (Å²) in [5.74, 6) is 0. The fourth-order valence-electron chi connectivity index (χ4n) is 0. The molecule has 0 amide bonds. The van der Waals surface area contributed by atoms with Gasteiger partial charge >= 0.3 is 0 Å². The third-order valence-electron chi connectivity index (χ3n) is 0.687. The summed E-state index contributed by atoms with van der Waals surface area (Å²) < 4.78 is 0. The van der Waals surface area contributed by atoms with Crippen molar-refractivity contribution in [2.24, 2.45) is 0 Å². The van der Waals surface area contributed by atoms with Crippen molar-refractivity contribution in [1.29, 1.82) is 0 Å². The summed E-state index contributed by atoms with van der Waals surface area (Å²) >= 11 is 0. The van der Waals surface area contributed by atoms with E-state index in [1.807, 2.05) is 33.0 Å². The standard InChI is InChI=1S/C4H8.C3H9N/c2*1-3-4-2/h3-4H,1-2H3;4H,3H2,1-2H3/b4-3+;. The number of rotatable bonds is 1. The Morgan fingerprint density at radius 3 is 1.50 bits per heavy atom. The highest BCUT2D eigenvalue weighted by molar-refractivity contribution is 4.68. The van der Waals surface area contributed by atoms with Crippen LogP contribution in [0.4, 0.5) is 0 Å². The molecule has 1 nitrogen and oxygen atoms in total. The van der Waals surface area contributed by atoms with Gasteiger partial charge in [0.15, 0.2) is 0 Å². The summed E-state index contributed by atoms with van der Waals surface area (Å²) in [6, 6.07) is 0. The first-order chi connectivity index (χ1) is 3.83. The van der Waals surface area contributed by atoms with Gasteiger partial charge < -0.3 is 5.32 Å². The topological polar surface area (TPSA) is 12.0 Å². The Kier molecular flexibility index (Phi) is 21.1. The average Bonchev–Trinajstić information content (AvgIpc) is 1.88. The maximum absolute atomic E-state index is 2.93. The first-order valence-electron chi connectivity index (χ1n) is 3.05. The second-order valence-corrected chi connectivity index (χ2v) is 1.37. The molecule has 0 aromatic heterocycles. The van der Waals surface area contributed by atoms with E-state index in [0.29, 0.717) is 0 Å². The zero-order valence-corrected chi connectivity index (χ0v) is 6.36. The van der Waals surface area contributed by atoms with E-state index in [4.69, 9.17) is 0 Å². The van der Waals surface area contributed by atoms with Crippen LogP contribution in [0.25, 0.3) is 0 Å². The van der Waals surface area contributed by atoms with Gasteiger partial charge in [-0.15, -0.1) is 0 Å². The minimum atomic E-state index is 1.07. The fourth-order valence-corrected chi connectivity index (χ4v) is 0. The van der Waals surface area contributed by atoms with Crippen LogP contribution in [0.5, 0.6) is 0 Å².